The minimum atomic E-state index is -0.649. The lowest BCUT2D eigenvalue weighted by atomic mass is 9.94. The zero-order chi connectivity index (χ0) is 23.1. The fraction of sp³-hybridized carbons (Fsp3) is 0.727. The van der Waals surface area contributed by atoms with Crippen molar-refractivity contribution in [2.45, 2.75) is 45.7 Å². The maximum atomic E-state index is 12.8. The smallest absolute Gasteiger partial charge is 0.257 e. The van der Waals surface area contributed by atoms with E-state index in [4.69, 9.17) is 10.2 Å². The van der Waals surface area contributed by atoms with Gasteiger partial charge >= 0.3 is 0 Å². The van der Waals surface area contributed by atoms with Crippen molar-refractivity contribution in [3.63, 3.8) is 0 Å². The molecule has 10 heteroatoms. The van der Waals surface area contributed by atoms with Gasteiger partial charge in [0.15, 0.2) is 11.3 Å². The van der Waals surface area contributed by atoms with E-state index < -0.39 is 6.04 Å². The Balaban J connectivity index is 1.48. The summed E-state index contributed by atoms with van der Waals surface area (Å²) in [6, 6.07) is -0.649. The van der Waals surface area contributed by atoms with E-state index in [1.165, 1.54) is 7.05 Å². The number of hydrogen-bond donors (Lipinski definition) is 2. The van der Waals surface area contributed by atoms with Crippen molar-refractivity contribution >= 4 is 28.3 Å². The number of rotatable bonds is 8. The van der Waals surface area contributed by atoms with Gasteiger partial charge in [-0.3, -0.25) is 19.4 Å². The lowest BCUT2D eigenvalue weighted by molar-refractivity contribution is -0.135. The average Bonchev–Trinajstić information content (AvgIpc) is 3.26. The van der Waals surface area contributed by atoms with Crippen LogP contribution in [0.2, 0.25) is 0 Å². The number of aromatic nitrogens is 1. The van der Waals surface area contributed by atoms with Crippen molar-refractivity contribution in [2.75, 3.05) is 51.2 Å². The van der Waals surface area contributed by atoms with E-state index >= 15 is 0 Å². The van der Waals surface area contributed by atoms with Crippen LogP contribution in [0.15, 0.2) is 5.38 Å². The second kappa shape index (κ2) is 11.6. The predicted molar refractivity (Wildman–Crippen MR) is 125 cm³/mol. The molecule has 32 heavy (non-hydrogen) atoms. The molecule has 0 radical (unpaired) electrons. The zero-order valence-corrected chi connectivity index (χ0v) is 20.2. The molecular weight excluding hydrogens is 426 g/mol. The summed E-state index contributed by atoms with van der Waals surface area (Å²) in [5.74, 6) is -0.296. The predicted octanol–water partition coefficient (Wildman–Crippen LogP) is 1.24. The van der Waals surface area contributed by atoms with Gasteiger partial charge in [-0.15, -0.1) is 11.3 Å². The third kappa shape index (κ3) is 6.64. The lowest BCUT2D eigenvalue weighted by Crippen LogP contribution is -2.50. The number of carbonyl (C=O) groups is 2. The van der Waals surface area contributed by atoms with Crippen molar-refractivity contribution in [3.8, 4) is 6.19 Å². The standard InChI is InChI=1S/C22H35N7O2S/c1-16(2)12-19(21(31)27(3)15-23)26-20(30)17-4-8-28(9-5-17)13-18-14-32-22(25-18)29-10-6-24-7-11-29/h14,16-17,19,24H,4-13H2,1-3H3,(H,26,30)/t19-/m0/s1. The van der Waals surface area contributed by atoms with Gasteiger partial charge in [-0.25, -0.2) is 4.98 Å². The van der Waals surface area contributed by atoms with Crippen molar-refractivity contribution in [1.82, 2.24) is 25.4 Å². The first-order valence-corrected chi connectivity index (χ1v) is 12.4. The van der Waals surface area contributed by atoms with E-state index in [9.17, 15) is 9.59 Å². The van der Waals surface area contributed by atoms with E-state index in [2.05, 4.69) is 25.8 Å². The number of nitrogens with zero attached hydrogens (tertiary/aromatic N) is 5. The zero-order valence-electron chi connectivity index (χ0n) is 19.3. The first-order chi connectivity index (χ1) is 15.4. The summed E-state index contributed by atoms with van der Waals surface area (Å²) in [5.41, 5.74) is 1.09. The second-order valence-electron chi connectivity index (χ2n) is 9.10. The number of carbonyl (C=O) groups excluding carboxylic acids is 2. The first kappa shape index (κ1) is 24.4. The third-order valence-electron chi connectivity index (χ3n) is 6.07. The van der Waals surface area contributed by atoms with E-state index in [0.29, 0.717) is 6.42 Å². The van der Waals surface area contributed by atoms with Gasteiger partial charge in [0.25, 0.3) is 5.91 Å². The Morgan fingerprint density at radius 2 is 2.00 bits per heavy atom. The van der Waals surface area contributed by atoms with Gasteiger partial charge < -0.3 is 15.5 Å². The highest BCUT2D eigenvalue weighted by atomic mass is 32.1. The number of nitriles is 1. The monoisotopic (exact) mass is 461 g/mol. The number of thiazole rings is 1. The Morgan fingerprint density at radius 3 is 2.62 bits per heavy atom. The number of likely N-dealkylation sites (tertiary alicyclic amines) is 1. The maximum absolute atomic E-state index is 12.8. The summed E-state index contributed by atoms with van der Waals surface area (Å²) >= 11 is 1.71. The molecule has 1 aromatic rings. The molecule has 2 aliphatic heterocycles. The number of likely N-dealkylation sites (N-methyl/N-ethyl adjacent to an activating group) is 1. The number of piperazine rings is 1. The largest absolute Gasteiger partial charge is 0.346 e. The van der Waals surface area contributed by atoms with Crippen LogP contribution in [0, 0.1) is 23.3 Å². The lowest BCUT2D eigenvalue weighted by Gasteiger charge is -2.32. The van der Waals surface area contributed by atoms with Gasteiger partial charge in [-0.1, -0.05) is 13.8 Å². The van der Waals surface area contributed by atoms with Crippen LogP contribution in [-0.2, 0) is 16.1 Å². The fourth-order valence-electron chi connectivity index (χ4n) is 4.22. The molecule has 0 aromatic carbocycles. The van der Waals surface area contributed by atoms with Gasteiger partial charge in [0.1, 0.15) is 6.04 Å². The topological polar surface area (TPSA) is 105 Å². The molecule has 1 atom stereocenters. The van der Waals surface area contributed by atoms with Crippen LogP contribution in [0.3, 0.4) is 0 Å². The van der Waals surface area contributed by atoms with Crippen LogP contribution in [0.4, 0.5) is 5.13 Å². The molecule has 2 saturated heterocycles. The van der Waals surface area contributed by atoms with Gasteiger partial charge in [-0.2, -0.15) is 5.26 Å². The molecule has 0 saturated carbocycles. The van der Waals surface area contributed by atoms with Crippen molar-refractivity contribution < 1.29 is 9.59 Å². The highest BCUT2D eigenvalue weighted by Crippen LogP contribution is 2.24. The number of amides is 2. The maximum Gasteiger partial charge on any atom is 0.257 e. The number of anilines is 1. The average molecular weight is 462 g/mol. The Labute approximate surface area is 194 Å². The Hall–Kier alpha value is -2.22. The first-order valence-electron chi connectivity index (χ1n) is 11.5. The van der Waals surface area contributed by atoms with Crippen LogP contribution >= 0.6 is 11.3 Å². The molecule has 2 fully saturated rings. The molecule has 0 unspecified atom stereocenters. The summed E-state index contributed by atoms with van der Waals surface area (Å²) in [7, 11) is 1.44. The molecule has 2 amide bonds. The number of piperidine rings is 1. The van der Waals surface area contributed by atoms with Crippen molar-refractivity contribution in [2.24, 2.45) is 11.8 Å². The molecule has 1 aromatic heterocycles. The SMILES string of the molecule is CC(C)C[C@H](NC(=O)C1CCN(Cc2csc(N3CCNCC3)n2)CC1)C(=O)N(C)C#N. The summed E-state index contributed by atoms with van der Waals surface area (Å²) in [4.78, 5) is 35.8. The molecule has 3 rings (SSSR count). The molecule has 0 spiro atoms. The normalized spacial score (nSPS) is 18.9. The minimum absolute atomic E-state index is 0.0790. The quantitative estimate of drug-likeness (QED) is 0.443. The van der Waals surface area contributed by atoms with Crippen molar-refractivity contribution in [1.29, 1.82) is 5.26 Å². The van der Waals surface area contributed by atoms with Crippen LogP contribution in [0.25, 0.3) is 0 Å². The molecular formula is C22H35N7O2S. The highest BCUT2D eigenvalue weighted by molar-refractivity contribution is 7.13. The van der Waals surface area contributed by atoms with E-state index in [0.717, 1.165) is 74.4 Å². The molecule has 0 aliphatic carbocycles. The Bertz CT molecular complexity index is 807. The second-order valence-corrected chi connectivity index (χ2v) is 9.93. The molecule has 9 nitrogen and oxygen atoms in total. The summed E-state index contributed by atoms with van der Waals surface area (Å²) < 4.78 is 0. The molecule has 176 valence electrons. The Kier molecular flexibility index (Phi) is 8.84. The van der Waals surface area contributed by atoms with E-state index in [-0.39, 0.29) is 23.7 Å². The molecule has 3 heterocycles. The van der Waals surface area contributed by atoms with Crippen LogP contribution in [-0.4, -0.2) is 79.0 Å². The van der Waals surface area contributed by atoms with Gasteiger partial charge in [0.2, 0.25) is 5.91 Å². The summed E-state index contributed by atoms with van der Waals surface area (Å²) in [6.07, 6.45) is 3.88. The van der Waals surface area contributed by atoms with Gasteiger partial charge in [-0.05, 0) is 38.3 Å². The summed E-state index contributed by atoms with van der Waals surface area (Å²) in [6.45, 7) is 10.5. The van der Waals surface area contributed by atoms with E-state index in [1.807, 2.05) is 20.0 Å². The van der Waals surface area contributed by atoms with E-state index in [1.54, 1.807) is 11.3 Å². The fourth-order valence-corrected chi connectivity index (χ4v) is 5.09. The Morgan fingerprint density at radius 1 is 1.31 bits per heavy atom. The third-order valence-corrected chi connectivity index (χ3v) is 7.02. The molecule has 2 aliphatic rings. The van der Waals surface area contributed by atoms with Crippen molar-refractivity contribution in [3.05, 3.63) is 11.1 Å². The molecule has 2 N–H and O–H groups in total. The summed E-state index contributed by atoms with van der Waals surface area (Å²) in [5, 5.41) is 18.5. The number of hydrogen-bond acceptors (Lipinski definition) is 8. The van der Waals surface area contributed by atoms with Gasteiger partial charge in [0, 0.05) is 51.1 Å². The molecule has 0 bridgehead atoms. The minimum Gasteiger partial charge on any atom is -0.346 e. The van der Waals surface area contributed by atoms with Crippen LogP contribution in [0.1, 0.15) is 38.8 Å². The number of nitrogens with one attached hydrogen (secondary N) is 2. The van der Waals surface area contributed by atoms with Crippen LogP contribution < -0.4 is 15.5 Å². The highest BCUT2D eigenvalue weighted by Gasteiger charge is 2.30. The van der Waals surface area contributed by atoms with Crippen LogP contribution in [0.5, 0.6) is 0 Å². The van der Waals surface area contributed by atoms with Gasteiger partial charge in [0.05, 0.1) is 5.69 Å².